The molecule has 1 atom stereocenters. The minimum absolute atomic E-state index is 0.0763. The molecule has 0 saturated heterocycles. The molecule has 0 unspecified atom stereocenters. The van der Waals surface area contributed by atoms with Crippen LogP contribution in [-0.2, 0) is 6.42 Å². The largest absolute Gasteiger partial charge is 0.333 e. The molecular formula is C15H15N3O2. The molecule has 1 aliphatic rings. The fourth-order valence-corrected chi connectivity index (χ4v) is 2.72. The molecule has 102 valence electrons. The Morgan fingerprint density at radius 1 is 1.30 bits per heavy atom. The van der Waals surface area contributed by atoms with Gasteiger partial charge in [0, 0.05) is 13.1 Å². The molecule has 1 aromatic heterocycles. The number of benzene rings is 1. The van der Waals surface area contributed by atoms with Gasteiger partial charge in [0.1, 0.15) is 5.69 Å². The molecular weight excluding hydrogens is 254 g/mol. The van der Waals surface area contributed by atoms with Crippen molar-refractivity contribution < 1.29 is 4.79 Å². The fourth-order valence-electron chi connectivity index (χ4n) is 2.72. The lowest BCUT2D eigenvalue weighted by atomic mass is 10.1. The Morgan fingerprint density at radius 3 is 2.85 bits per heavy atom. The summed E-state index contributed by atoms with van der Waals surface area (Å²) in [5.74, 6) is -0.178. The van der Waals surface area contributed by atoms with E-state index in [1.807, 2.05) is 12.1 Å². The summed E-state index contributed by atoms with van der Waals surface area (Å²) in [6, 6.07) is 11.0. The van der Waals surface area contributed by atoms with Crippen molar-refractivity contribution >= 4 is 5.91 Å². The third-order valence-corrected chi connectivity index (χ3v) is 3.79. The van der Waals surface area contributed by atoms with Crippen molar-refractivity contribution in [3.05, 3.63) is 63.6 Å². The number of carbonyl (C=O) groups is 1. The Bertz CT molecular complexity index is 688. The van der Waals surface area contributed by atoms with Crippen LogP contribution in [0.25, 0.3) is 0 Å². The summed E-state index contributed by atoms with van der Waals surface area (Å²) >= 11 is 0. The Labute approximate surface area is 116 Å². The summed E-state index contributed by atoms with van der Waals surface area (Å²) in [6.45, 7) is 0. The lowest BCUT2D eigenvalue weighted by molar-refractivity contribution is 0.0723. The smallest absolute Gasteiger partial charge is 0.274 e. The van der Waals surface area contributed by atoms with E-state index in [9.17, 15) is 9.59 Å². The first-order valence-electron chi connectivity index (χ1n) is 6.57. The fraction of sp³-hybridized carbons (Fsp3) is 0.267. The molecule has 1 heterocycles. The van der Waals surface area contributed by atoms with Gasteiger partial charge in [-0.05, 0) is 30.0 Å². The maximum absolute atomic E-state index is 12.4. The molecule has 1 N–H and O–H groups in total. The van der Waals surface area contributed by atoms with Crippen LogP contribution in [0.4, 0.5) is 0 Å². The van der Waals surface area contributed by atoms with Crippen LogP contribution in [0.2, 0.25) is 0 Å². The van der Waals surface area contributed by atoms with Crippen molar-refractivity contribution in [3.63, 3.8) is 0 Å². The van der Waals surface area contributed by atoms with E-state index in [0.29, 0.717) is 0 Å². The van der Waals surface area contributed by atoms with Gasteiger partial charge in [-0.1, -0.05) is 24.3 Å². The van der Waals surface area contributed by atoms with Crippen LogP contribution in [0.15, 0.2) is 41.2 Å². The maximum atomic E-state index is 12.4. The molecule has 3 rings (SSSR count). The number of aromatic amines is 1. The number of carbonyl (C=O) groups excluding carboxylic acids is 1. The van der Waals surface area contributed by atoms with E-state index < -0.39 is 0 Å². The highest BCUT2D eigenvalue weighted by molar-refractivity contribution is 5.92. The van der Waals surface area contributed by atoms with Gasteiger partial charge >= 0.3 is 0 Å². The van der Waals surface area contributed by atoms with Crippen LogP contribution in [0, 0.1) is 0 Å². The van der Waals surface area contributed by atoms with Gasteiger partial charge in [-0.3, -0.25) is 9.59 Å². The van der Waals surface area contributed by atoms with Crippen molar-refractivity contribution in [1.82, 2.24) is 15.1 Å². The van der Waals surface area contributed by atoms with E-state index in [2.05, 4.69) is 22.3 Å². The molecule has 0 radical (unpaired) electrons. The quantitative estimate of drug-likeness (QED) is 0.899. The number of hydrogen-bond donors (Lipinski definition) is 1. The first kappa shape index (κ1) is 12.6. The summed E-state index contributed by atoms with van der Waals surface area (Å²) in [5.41, 5.74) is 2.45. The summed E-state index contributed by atoms with van der Waals surface area (Å²) in [7, 11) is 1.78. The molecule has 5 nitrogen and oxygen atoms in total. The summed E-state index contributed by atoms with van der Waals surface area (Å²) < 4.78 is 0. The van der Waals surface area contributed by atoms with Crippen molar-refractivity contribution in [2.24, 2.45) is 0 Å². The second kappa shape index (κ2) is 4.92. The monoisotopic (exact) mass is 269 g/mol. The zero-order chi connectivity index (χ0) is 14.1. The van der Waals surface area contributed by atoms with Crippen LogP contribution in [0.1, 0.15) is 34.1 Å². The summed E-state index contributed by atoms with van der Waals surface area (Å²) in [6.07, 6.45) is 1.91. The molecule has 1 amide bonds. The van der Waals surface area contributed by atoms with Crippen molar-refractivity contribution in [1.29, 1.82) is 0 Å². The van der Waals surface area contributed by atoms with Gasteiger partial charge in [-0.2, -0.15) is 5.10 Å². The predicted octanol–water partition coefficient (Wildman–Crippen LogP) is 1.53. The van der Waals surface area contributed by atoms with E-state index in [1.54, 1.807) is 11.9 Å². The van der Waals surface area contributed by atoms with Gasteiger partial charge in [-0.15, -0.1) is 0 Å². The minimum atomic E-state index is -0.310. The van der Waals surface area contributed by atoms with E-state index in [0.717, 1.165) is 12.8 Å². The second-order valence-corrected chi connectivity index (χ2v) is 4.98. The lowest BCUT2D eigenvalue weighted by Crippen LogP contribution is -2.31. The normalized spacial score (nSPS) is 16.8. The van der Waals surface area contributed by atoms with Gasteiger partial charge in [0.25, 0.3) is 11.5 Å². The standard InChI is InChI=1S/C15H15N3O2/c1-18(15(20)12-7-9-14(19)17-16-12)13-8-6-10-4-2-3-5-11(10)13/h2-5,7,9,13H,6,8H2,1H3,(H,17,19)/t13-/m1/s1. The molecule has 5 heteroatoms. The molecule has 2 aromatic rings. The van der Waals surface area contributed by atoms with Crippen LogP contribution >= 0.6 is 0 Å². The highest BCUT2D eigenvalue weighted by Gasteiger charge is 2.29. The third kappa shape index (κ3) is 2.11. The van der Waals surface area contributed by atoms with Crippen molar-refractivity contribution in [2.45, 2.75) is 18.9 Å². The summed E-state index contributed by atoms with van der Waals surface area (Å²) in [5, 5.41) is 6.09. The molecule has 0 fully saturated rings. The number of H-pyrrole nitrogens is 1. The highest BCUT2D eigenvalue weighted by Crippen LogP contribution is 2.35. The Morgan fingerprint density at radius 2 is 2.10 bits per heavy atom. The SMILES string of the molecule is CN(C(=O)c1ccc(=O)[nH]n1)[C@@H]1CCc2ccccc21. The molecule has 0 spiro atoms. The topological polar surface area (TPSA) is 66.1 Å². The van der Waals surface area contributed by atoms with E-state index in [1.165, 1.54) is 23.3 Å². The van der Waals surface area contributed by atoms with Crippen LogP contribution in [0.5, 0.6) is 0 Å². The lowest BCUT2D eigenvalue weighted by Gasteiger charge is -2.25. The minimum Gasteiger partial charge on any atom is -0.333 e. The van der Waals surface area contributed by atoms with E-state index >= 15 is 0 Å². The van der Waals surface area contributed by atoms with E-state index in [-0.39, 0.29) is 23.2 Å². The highest BCUT2D eigenvalue weighted by atomic mass is 16.2. The van der Waals surface area contributed by atoms with Gasteiger partial charge in [0.2, 0.25) is 0 Å². The summed E-state index contributed by atoms with van der Waals surface area (Å²) in [4.78, 5) is 25.1. The molecule has 20 heavy (non-hydrogen) atoms. The van der Waals surface area contributed by atoms with Gasteiger partial charge in [0.15, 0.2) is 0 Å². The van der Waals surface area contributed by atoms with Gasteiger partial charge in [-0.25, -0.2) is 5.10 Å². The van der Waals surface area contributed by atoms with E-state index in [4.69, 9.17) is 0 Å². The molecule has 1 aliphatic carbocycles. The number of aromatic nitrogens is 2. The first-order valence-corrected chi connectivity index (χ1v) is 6.57. The molecule has 1 aromatic carbocycles. The molecule has 0 bridgehead atoms. The van der Waals surface area contributed by atoms with Crippen LogP contribution in [-0.4, -0.2) is 28.1 Å². The average molecular weight is 269 g/mol. The van der Waals surface area contributed by atoms with Crippen LogP contribution < -0.4 is 5.56 Å². The van der Waals surface area contributed by atoms with Gasteiger partial charge < -0.3 is 4.90 Å². The Hall–Kier alpha value is -2.43. The maximum Gasteiger partial charge on any atom is 0.274 e. The third-order valence-electron chi connectivity index (χ3n) is 3.79. The van der Waals surface area contributed by atoms with Crippen LogP contribution in [0.3, 0.4) is 0 Å². The number of hydrogen-bond acceptors (Lipinski definition) is 3. The zero-order valence-corrected chi connectivity index (χ0v) is 11.2. The van der Waals surface area contributed by atoms with Crippen molar-refractivity contribution in [2.75, 3.05) is 7.05 Å². The molecule has 0 saturated carbocycles. The van der Waals surface area contributed by atoms with Gasteiger partial charge in [0.05, 0.1) is 6.04 Å². The average Bonchev–Trinajstić information content (AvgIpc) is 2.90. The zero-order valence-electron chi connectivity index (χ0n) is 11.2. The molecule has 0 aliphatic heterocycles. The number of rotatable bonds is 2. The number of fused-ring (bicyclic) bond motifs is 1. The number of nitrogens with one attached hydrogen (secondary N) is 1. The first-order chi connectivity index (χ1) is 9.66. The Balaban J connectivity index is 1.86. The number of amides is 1. The Kier molecular flexibility index (Phi) is 3.10. The number of aryl methyl sites for hydroxylation is 1. The second-order valence-electron chi connectivity index (χ2n) is 4.98. The van der Waals surface area contributed by atoms with Crippen molar-refractivity contribution in [3.8, 4) is 0 Å². The predicted molar refractivity (Wildman–Crippen MR) is 74.5 cm³/mol. The number of nitrogens with zero attached hydrogens (tertiary/aromatic N) is 2.